The van der Waals surface area contributed by atoms with Crippen LogP contribution in [0.5, 0.6) is 0 Å². The standard InChI is InChI=1S/C12H13FN2O2S/c13-8-2-1-3-9-10(8)7(6-15-5-4-14)11(18-9)12(16)17/h1-3,15H,4-6,14H2,(H,16,17). The van der Waals surface area contributed by atoms with Gasteiger partial charge in [-0.3, -0.25) is 0 Å². The van der Waals surface area contributed by atoms with E-state index in [9.17, 15) is 9.18 Å². The maximum Gasteiger partial charge on any atom is 0.346 e. The monoisotopic (exact) mass is 268 g/mol. The van der Waals surface area contributed by atoms with Gasteiger partial charge in [-0.05, 0) is 12.1 Å². The van der Waals surface area contributed by atoms with Crippen LogP contribution in [-0.2, 0) is 6.54 Å². The topological polar surface area (TPSA) is 75.3 Å². The van der Waals surface area contributed by atoms with Crippen molar-refractivity contribution in [3.8, 4) is 0 Å². The second-order valence-corrected chi connectivity index (χ2v) is 4.85. The normalized spacial score (nSPS) is 11.0. The van der Waals surface area contributed by atoms with E-state index in [0.717, 1.165) is 11.3 Å². The first-order chi connectivity index (χ1) is 8.65. The summed E-state index contributed by atoms with van der Waals surface area (Å²) < 4.78 is 14.4. The highest BCUT2D eigenvalue weighted by Gasteiger charge is 2.19. The van der Waals surface area contributed by atoms with Crippen LogP contribution in [0.2, 0.25) is 0 Å². The van der Waals surface area contributed by atoms with Gasteiger partial charge in [-0.2, -0.15) is 0 Å². The van der Waals surface area contributed by atoms with Crippen molar-refractivity contribution in [3.63, 3.8) is 0 Å². The van der Waals surface area contributed by atoms with Gasteiger partial charge < -0.3 is 16.2 Å². The molecule has 2 aromatic rings. The summed E-state index contributed by atoms with van der Waals surface area (Å²) in [6, 6.07) is 4.64. The van der Waals surface area contributed by atoms with Crippen LogP contribution in [0.1, 0.15) is 15.2 Å². The van der Waals surface area contributed by atoms with Crippen molar-refractivity contribution in [2.24, 2.45) is 5.73 Å². The Morgan fingerprint density at radius 2 is 2.28 bits per heavy atom. The summed E-state index contributed by atoms with van der Waals surface area (Å²) in [7, 11) is 0. The van der Waals surface area contributed by atoms with Gasteiger partial charge in [0.25, 0.3) is 0 Å². The Balaban J connectivity index is 2.51. The van der Waals surface area contributed by atoms with Gasteiger partial charge in [-0.1, -0.05) is 6.07 Å². The molecule has 0 aliphatic carbocycles. The zero-order chi connectivity index (χ0) is 13.1. The summed E-state index contributed by atoms with van der Waals surface area (Å²) in [4.78, 5) is 11.4. The molecule has 0 aliphatic rings. The molecule has 0 fully saturated rings. The van der Waals surface area contributed by atoms with Crippen molar-refractivity contribution in [3.05, 3.63) is 34.5 Å². The molecule has 0 unspecified atom stereocenters. The Morgan fingerprint density at radius 3 is 2.94 bits per heavy atom. The molecular formula is C12H13FN2O2S. The molecule has 6 heteroatoms. The smallest absolute Gasteiger partial charge is 0.346 e. The number of nitrogens with two attached hydrogens (primary N) is 1. The molecule has 0 amide bonds. The van der Waals surface area contributed by atoms with Gasteiger partial charge in [0.1, 0.15) is 10.7 Å². The number of carbonyl (C=O) groups is 1. The van der Waals surface area contributed by atoms with Gasteiger partial charge in [0.05, 0.1) is 0 Å². The van der Waals surface area contributed by atoms with Crippen LogP contribution in [-0.4, -0.2) is 24.2 Å². The molecule has 4 nitrogen and oxygen atoms in total. The summed E-state index contributed by atoms with van der Waals surface area (Å²) in [5.74, 6) is -1.42. The van der Waals surface area contributed by atoms with E-state index < -0.39 is 5.97 Å². The Morgan fingerprint density at radius 1 is 1.50 bits per heavy atom. The number of fused-ring (bicyclic) bond motifs is 1. The number of rotatable bonds is 5. The van der Waals surface area contributed by atoms with Crippen molar-refractivity contribution < 1.29 is 14.3 Å². The maximum atomic E-state index is 13.8. The van der Waals surface area contributed by atoms with Gasteiger partial charge in [0.2, 0.25) is 0 Å². The molecule has 1 aromatic heterocycles. The predicted molar refractivity (Wildman–Crippen MR) is 69.5 cm³/mol. The minimum Gasteiger partial charge on any atom is -0.477 e. The van der Waals surface area contributed by atoms with E-state index in [4.69, 9.17) is 10.8 Å². The van der Waals surface area contributed by atoms with Crippen LogP contribution in [0.15, 0.2) is 18.2 Å². The number of hydrogen-bond acceptors (Lipinski definition) is 4. The van der Waals surface area contributed by atoms with Gasteiger partial charge in [0.15, 0.2) is 0 Å². The Hall–Kier alpha value is -1.50. The molecule has 18 heavy (non-hydrogen) atoms. The number of nitrogens with one attached hydrogen (secondary N) is 1. The molecule has 1 aromatic carbocycles. The zero-order valence-electron chi connectivity index (χ0n) is 9.57. The fraction of sp³-hybridized carbons (Fsp3) is 0.250. The molecule has 96 valence electrons. The number of hydrogen-bond donors (Lipinski definition) is 3. The third-order valence-electron chi connectivity index (χ3n) is 2.58. The fourth-order valence-corrected chi connectivity index (χ4v) is 2.90. The number of benzene rings is 1. The van der Waals surface area contributed by atoms with Crippen LogP contribution in [0.4, 0.5) is 4.39 Å². The highest BCUT2D eigenvalue weighted by Crippen LogP contribution is 2.33. The van der Waals surface area contributed by atoms with Crippen molar-refractivity contribution in [1.82, 2.24) is 5.32 Å². The van der Waals surface area contributed by atoms with Crippen molar-refractivity contribution in [1.29, 1.82) is 0 Å². The van der Waals surface area contributed by atoms with Gasteiger partial charge in [-0.15, -0.1) is 11.3 Å². The van der Waals surface area contributed by atoms with Crippen molar-refractivity contribution in [2.75, 3.05) is 13.1 Å². The predicted octanol–water partition coefficient (Wildman–Crippen LogP) is 1.79. The maximum absolute atomic E-state index is 13.8. The summed E-state index contributed by atoms with van der Waals surface area (Å²) in [6.45, 7) is 1.32. The fourth-order valence-electron chi connectivity index (χ4n) is 1.82. The third kappa shape index (κ3) is 2.35. The largest absolute Gasteiger partial charge is 0.477 e. The lowest BCUT2D eigenvalue weighted by molar-refractivity contribution is 0.0701. The Kier molecular flexibility index (Phi) is 3.90. The van der Waals surface area contributed by atoms with E-state index >= 15 is 0 Å². The molecule has 4 N–H and O–H groups in total. The zero-order valence-corrected chi connectivity index (χ0v) is 10.4. The highest BCUT2D eigenvalue weighted by atomic mass is 32.1. The van der Waals surface area contributed by atoms with Crippen LogP contribution in [0.3, 0.4) is 0 Å². The van der Waals surface area contributed by atoms with E-state index in [1.165, 1.54) is 6.07 Å². The van der Waals surface area contributed by atoms with Crippen LogP contribution < -0.4 is 11.1 Å². The molecular weight excluding hydrogens is 255 g/mol. The quantitative estimate of drug-likeness (QED) is 0.723. The summed E-state index contributed by atoms with van der Waals surface area (Å²) in [6.07, 6.45) is 0. The molecule has 0 bridgehead atoms. The first-order valence-electron chi connectivity index (χ1n) is 5.49. The molecule has 1 heterocycles. The minimum absolute atomic E-state index is 0.180. The average Bonchev–Trinajstić information content (AvgIpc) is 2.70. The minimum atomic E-state index is -1.03. The van der Waals surface area contributed by atoms with E-state index in [1.807, 2.05) is 0 Å². The van der Waals surface area contributed by atoms with E-state index in [0.29, 0.717) is 35.3 Å². The van der Waals surface area contributed by atoms with Crippen LogP contribution in [0.25, 0.3) is 10.1 Å². The Labute approximate surface area is 107 Å². The number of carboxylic acid groups (broad SMARTS) is 1. The van der Waals surface area contributed by atoms with Crippen LogP contribution >= 0.6 is 11.3 Å². The second kappa shape index (κ2) is 5.43. The molecule has 2 rings (SSSR count). The highest BCUT2D eigenvalue weighted by molar-refractivity contribution is 7.21. The number of carboxylic acids is 1. The van der Waals surface area contributed by atoms with E-state index in [2.05, 4.69) is 5.32 Å². The molecule has 0 spiro atoms. The van der Waals surface area contributed by atoms with Gasteiger partial charge in [0, 0.05) is 35.3 Å². The number of aromatic carboxylic acids is 1. The van der Waals surface area contributed by atoms with E-state index in [-0.39, 0.29) is 10.7 Å². The molecule has 0 atom stereocenters. The second-order valence-electron chi connectivity index (χ2n) is 3.79. The number of thiophene rings is 1. The molecule has 0 radical (unpaired) electrons. The summed E-state index contributed by atoms with van der Waals surface area (Å²) in [5, 5.41) is 12.5. The number of halogens is 1. The summed E-state index contributed by atoms with van der Waals surface area (Å²) >= 11 is 1.09. The lowest BCUT2D eigenvalue weighted by atomic mass is 10.1. The van der Waals surface area contributed by atoms with Crippen molar-refractivity contribution >= 4 is 27.4 Å². The lowest BCUT2D eigenvalue weighted by Crippen LogP contribution is -2.22. The third-order valence-corrected chi connectivity index (χ3v) is 3.77. The molecule has 0 saturated heterocycles. The van der Waals surface area contributed by atoms with Crippen molar-refractivity contribution in [2.45, 2.75) is 6.54 Å². The average molecular weight is 268 g/mol. The van der Waals surface area contributed by atoms with Gasteiger partial charge >= 0.3 is 5.97 Å². The summed E-state index contributed by atoms with van der Waals surface area (Å²) in [5.41, 5.74) is 5.85. The lowest BCUT2D eigenvalue weighted by Gasteiger charge is -2.04. The van der Waals surface area contributed by atoms with Crippen LogP contribution in [0, 0.1) is 5.82 Å². The molecule has 0 aliphatic heterocycles. The Bertz CT molecular complexity index is 583. The first kappa shape index (κ1) is 12.9. The van der Waals surface area contributed by atoms with E-state index in [1.54, 1.807) is 12.1 Å². The SMILES string of the molecule is NCCNCc1c(C(=O)O)sc2cccc(F)c12. The first-order valence-corrected chi connectivity index (χ1v) is 6.30. The van der Waals surface area contributed by atoms with Gasteiger partial charge in [-0.25, -0.2) is 9.18 Å². The molecule has 0 saturated carbocycles.